The van der Waals surface area contributed by atoms with Crippen molar-refractivity contribution in [2.45, 2.75) is 0 Å². The Hall–Kier alpha value is -3.99. The molecule has 0 saturated carbocycles. The van der Waals surface area contributed by atoms with Gasteiger partial charge in [-0.25, -0.2) is 5.43 Å². The molecule has 1 aromatic heterocycles. The van der Waals surface area contributed by atoms with Gasteiger partial charge in [-0.05, 0) is 17.7 Å². The Kier molecular flexibility index (Phi) is 5.77. The van der Waals surface area contributed by atoms with Crippen molar-refractivity contribution in [3.05, 3.63) is 70.3 Å². The zero-order valence-corrected chi connectivity index (χ0v) is 14.9. The highest BCUT2D eigenvalue weighted by atomic mass is 32.1. The molecule has 11 heteroatoms. The molecule has 2 amide bonds. The second-order valence-corrected chi connectivity index (χ2v) is 6.26. The highest BCUT2D eigenvalue weighted by Crippen LogP contribution is 2.25. The number of hydrogen-bond donors (Lipinski definition) is 2. The third-order valence-corrected chi connectivity index (χ3v) is 4.24. The van der Waals surface area contributed by atoms with E-state index in [0.717, 1.165) is 16.9 Å². The number of benzene rings is 2. The van der Waals surface area contributed by atoms with Crippen LogP contribution in [0.4, 0.5) is 10.8 Å². The summed E-state index contributed by atoms with van der Waals surface area (Å²) in [7, 11) is 0. The van der Waals surface area contributed by atoms with Crippen LogP contribution < -0.4 is 10.7 Å². The molecule has 10 nitrogen and oxygen atoms in total. The van der Waals surface area contributed by atoms with Crippen molar-refractivity contribution in [1.82, 2.24) is 15.6 Å². The van der Waals surface area contributed by atoms with Crippen molar-refractivity contribution in [2.24, 2.45) is 5.10 Å². The highest BCUT2D eigenvalue weighted by Gasteiger charge is 2.16. The lowest BCUT2D eigenvalue weighted by molar-refractivity contribution is -0.384. The van der Waals surface area contributed by atoms with Crippen LogP contribution in [0.2, 0.25) is 0 Å². The summed E-state index contributed by atoms with van der Waals surface area (Å²) in [5.41, 5.74) is 3.37. The van der Waals surface area contributed by atoms with E-state index in [1.807, 2.05) is 30.3 Å². The number of hydrogen-bond acceptors (Lipinski definition) is 8. The number of aromatic nitrogens is 2. The Morgan fingerprint density at radius 3 is 2.43 bits per heavy atom. The van der Waals surface area contributed by atoms with Gasteiger partial charge in [0.2, 0.25) is 5.13 Å². The fourth-order valence-electron chi connectivity index (χ4n) is 2.02. The number of carbonyl (C=O) groups is 2. The smallest absolute Gasteiger partial charge is 0.292 e. The molecule has 1 heterocycles. The van der Waals surface area contributed by atoms with Gasteiger partial charge in [0.15, 0.2) is 0 Å². The number of rotatable bonds is 5. The number of carbonyl (C=O) groups excluding carboxylic acids is 2. The van der Waals surface area contributed by atoms with Gasteiger partial charge in [0.25, 0.3) is 5.69 Å². The fourth-order valence-corrected chi connectivity index (χ4v) is 2.77. The molecular weight excluding hydrogens is 384 g/mol. The molecule has 2 N–H and O–H groups in total. The van der Waals surface area contributed by atoms with E-state index in [4.69, 9.17) is 0 Å². The van der Waals surface area contributed by atoms with Crippen LogP contribution in [-0.2, 0) is 9.59 Å². The third-order valence-electron chi connectivity index (χ3n) is 3.36. The Labute approximate surface area is 162 Å². The summed E-state index contributed by atoms with van der Waals surface area (Å²) in [6.45, 7) is 0. The molecule has 0 bridgehead atoms. The van der Waals surface area contributed by atoms with Crippen LogP contribution in [0.25, 0.3) is 10.6 Å². The minimum atomic E-state index is -0.991. The van der Waals surface area contributed by atoms with E-state index in [1.54, 1.807) is 0 Å². The molecule has 140 valence electrons. The van der Waals surface area contributed by atoms with Crippen molar-refractivity contribution in [2.75, 3.05) is 5.32 Å². The number of nitrogens with zero attached hydrogens (tertiary/aromatic N) is 4. The zero-order chi connectivity index (χ0) is 19.9. The monoisotopic (exact) mass is 396 g/mol. The molecular formula is C17H12N6O4S. The van der Waals surface area contributed by atoms with Crippen LogP contribution in [0.15, 0.2) is 59.7 Å². The SMILES string of the molecule is O=C(N/N=C\c1ccc([N+](=O)[O-])cc1)C(=O)Nc1nnc(-c2ccccc2)s1. The highest BCUT2D eigenvalue weighted by molar-refractivity contribution is 7.18. The van der Waals surface area contributed by atoms with E-state index in [-0.39, 0.29) is 10.8 Å². The average Bonchev–Trinajstić information content (AvgIpc) is 3.17. The van der Waals surface area contributed by atoms with Crippen molar-refractivity contribution >= 4 is 40.2 Å². The van der Waals surface area contributed by atoms with Gasteiger partial charge in [-0.15, -0.1) is 10.2 Å². The molecule has 0 spiro atoms. The molecule has 28 heavy (non-hydrogen) atoms. The Balaban J connectivity index is 1.54. The van der Waals surface area contributed by atoms with E-state index >= 15 is 0 Å². The lowest BCUT2D eigenvalue weighted by atomic mass is 10.2. The Bertz CT molecular complexity index is 1030. The summed E-state index contributed by atoms with van der Waals surface area (Å²) in [5.74, 6) is -1.94. The largest absolute Gasteiger partial charge is 0.329 e. The fraction of sp³-hybridized carbons (Fsp3) is 0. The maximum absolute atomic E-state index is 11.9. The van der Waals surface area contributed by atoms with Gasteiger partial charge in [-0.3, -0.25) is 25.0 Å². The lowest BCUT2D eigenvalue weighted by Gasteiger charge is -1.99. The van der Waals surface area contributed by atoms with Gasteiger partial charge in [0.05, 0.1) is 11.1 Å². The number of nitro groups is 1. The number of hydrazone groups is 1. The van der Waals surface area contributed by atoms with Crippen molar-refractivity contribution in [3.63, 3.8) is 0 Å². The standard InChI is InChI=1S/C17H12N6O4S/c24-14(19-17-22-21-16(28-17)12-4-2-1-3-5-12)15(25)20-18-10-11-6-8-13(9-7-11)23(26)27/h1-10H,(H,20,25)(H,19,22,24)/b18-10-. The maximum atomic E-state index is 11.9. The molecule has 2 aromatic carbocycles. The first-order valence-electron chi connectivity index (χ1n) is 7.80. The van der Waals surface area contributed by atoms with Crippen molar-refractivity contribution < 1.29 is 14.5 Å². The van der Waals surface area contributed by atoms with E-state index in [9.17, 15) is 19.7 Å². The first-order valence-corrected chi connectivity index (χ1v) is 8.62. The van der Waals surface area contributed by atoms with E-state index in [1.165, 1.54) is 30.5 Å². The molecule has 3 aromatic rings. The van der Waals surface area contributed by atoms with Gasteiger partial charge in [-0.1, -0.05) is 41.7 Å². The van der Waals surface area contributed by atoms with Crippen LogP contribution in [0.3, 0.4) is 0 Å². The number of amides is 2. The summed E-state index contributed by atoms with van der Waals surface area (Å²) < 4.78 is 0. The first kappa shape index (κ1) is 18.8. The van der Waals surface area contributed by atoms with Gasteiger partial charge < -0.3 is 0 Å². The second kappa shape index (κ2) is 8.60. The van der Waals surface area contributed by atoms with E-state index in [2.05, 4.69) is 26.0 Å². The first-order chi connectivity index (χ1) is 13.5. The topological polar surface area (TPSA) is 139 Å². The van der Waals surface area contributed by atoms with Crippen molar-refractivity contribution in [3.8, 4) is 10.6 Å². The molecule has 3 rings (SSSR count). The molecule has 0 aliphatic carbocycles. The van der Waals surface area contributed by atoms with Gasteiger partial charge in [-0.2, -0.15) is 5.10 Å². The lowest BCUT2D eigenvalue weighted by Crippen LogP contribution is -2.32. The van der Waals surface area contributed by atoms with Crippen LogP contribution in [0.5, 0.6) is 0 Å². The Morgan fingerprint density at radius 2 is 1.75 bits per heavy atom. The van der Waals surface area contributed by atoms with E-state index in [0.29, 0.717) is 10.6 Å². The van der Waals surface area contributed by atoms with Gasteiger partial charge in [0, 0.05) is 17.7 Å². The normalized spacial score (nSPS) is 10.6. The van der Waals surface area contributed by atoms with Crippen LogP contribution in [0, 0.1) is 10.1 Å². The summed E-state index contributed by atoms with van der Waals surface area (Å²) in [5, 5.41) is 25.1. The molecule has 0 saturated heterocycles. The quantitative estimate of drug-likeness (QED) is 0.293. The van der Waals surface area contributed by atoms with Crippen LogP contribution in [0.1, 0.15) is 5.56 Å². The van der Waals surface area contributed by atoms with Gasteiger partial charge in [0.1, 0.15) is 5.01 Å². The molecule has 0 unspecified atom stereocenters. The maximum Gasteiger partial charge on any atom is 0.329 e. The predicted octanol–water partition coefficient (Wildman–Crippen LogP) is 2.20. The van der Waals surface area contributed by atoms with Crippen LogP contribution >= 0.6 is 11.3 Å². The molecule has 0 radical (unpaired) electrons. The second-order valence-electron chi connectivity index (χ2n) is 5.28. The number of anilines is 1. The Morgan fingerprint density at radius 1 is 1.04 bits per heavy atom. The van der Waals surface area contributed by atoms with E-state index < -0.39 is 16.7 Å². The number of nitrogens with one attached hydrogen (secondary N) is 2. The summed E-state index contributed by atoms with van der Waals surface area (Å²) >= 11 is 1.13. The van der Waals surface area contributed by atoms with Gasteiger partial charge >= 0.3 is 11.8 Å². The summed E-state index contributed by atoms with van der Waals surface area (Å²) in [4.78, 5) is 33.7. The molecule has 0 aliphatic heterocycles. The number of nitro benzene ring substituents is 1. The predicted molar refractivity (Wildman–Crippen MR) is 103 cm³/mol. The summed E-state index contributed by atoms with van der Waals surface area (Å²) in [6, 6.07) is 14.8. The minimum absolute atomic E-state index is 0.0625. The number of non-ortho nitro benzene ring substituents is 1. The summed E-state index contributed by atoms with van der Waals surface area (Å²) in [6.07, 6.45) is 1.26. The molecule has 0 atom stereocenters. The van der Waals surface area contributed by atoms with Crippen LogP contribution in [-0.4, -0.2) is 33.1 Å². The zero-order valence-electron chi connectivity index (χ0n) is 14.1. The third kappa shape index (κ3) is 4.80. The van der Waals surface area contributed by atoms with Crippen molar-refractivity contribution in [1.29, 1.82) is 0 Å². The average molecular weight is 396 g/mol. The molecule has 0 aliphatic rings. The molecule has 0 fully saturated rings. The minimum Gasteiger partial charge on any atom is -0.292 e.